The Morgan fingerprint density at radius 1 is 0.933 bits per heavy atom. The number of pyridine rings is 2. The number of nitrogens with one attached hydrogen (secondary N) is 1. The number of hydrogen-bond acceptors (Lipinski definition) is 4. The van der Waals surface area contributed by atoms with Gasteiger partial charge in [-0.2, -0.15) is 5.10 Å². The van der Waals surface area contributed by atoms with Gasteiger partial charge in [-0.1, -0.05) is 24.3 Å². The third-order valence-corrected chi connectivity index (χ3v) is 4.55. The van der Waals surface area contributed by atoms with E-state index in [2.05, 4.69) is 20.4 Å². The molecule has 7 heteroatoms. The number of aryl methyl sites for hydroxylation is 1. The summed E-state index contributed by atoms with van der Waals surface area (Å²) < 4.78 is 15.4. The van der Waals surface area contributed by atoms with Crippen LogP contribution in [0.3, 0.4) is 0 Å². The van der Waals surface area contributed by atoms with E-state index in [1.54, 1.807) is 23.1 Å². The van der Waals surface area contributed by atoms with Crippen LogP contribution in [0.4, 0.5) is 4.39 Å². The Labute approximate surface area is 173 Å². The second kappa shape index (κ2) is 9.09. The second-order valence-corrected chi connectivity index (χ2v) is 6.73. The molecule has 0 saturated carbocycles. The van der Waals surface area contributed by atoms with Crippen LogP contribution in [0.15, 0.2) is 79.1 Å². The number of benzene rings is 1. The predicted molar refractivity (Wildman–Crippen MR) is 111 cm³/mol. The normalized spacial score (nSPS) is 10.7. The highest BCUT2D eigenvalue weighted by molar-refractivity contribution is 5.76. The molecular formula is C23H20FN5O. The summed E-state index contributed by atoms with van der Waals surface area (Å²) in [6.07, 6.45) is 4.11. The van der Waals surface area contributed by atoms with E-state index in [4.69, 9.17) is 0 Å². The van der Waals surface area contributed by atoms with Crippen molar-refractivity contribution in [3.8, 4) is 17.1 Å². The van der Waals surface area contributed by atoms with Gasteiger partial charge in [0.2, 0.25) is 5.91 Å². The van der Waals surface area contributed by atoms with Gasteiger partial charge in [-0.3, -0.25) is 9.78 Å². The summed E-state index contributed by atoms with van der Waals surface area (Å²) in [6, 6.07) is 19.3. The van der Waals surface area contributed by atoms with Gasteiger partial charge in [0.15, 0.2) is 5.82 Å². The van der Waals surface area contributed by atoms with Crippen LogP contribution in [0.5, 0.6) is 0 Å². The van der Waals surface area contributed by atoms with Crippen molar-refractivity contribution in [2.75, 3.05) is 0 Å². The molecule has 0 radical (unpaired) electrons. The van der Waals surface area contributed by atoms with E-state index in [0.717, 1.165) is 17.1 Å². The van der Waals surface area contributed by atoms with Crippen LogP contribution >= 0.6 is 0 Å². The fourth-order valence-electron chi connectivity index (χ4n) is 3.08. The second-order valence-electron chi connectivity index (χ2n) is 6.73. The molecule has 0 unspecified atom stereocenters. The monoisotopic (exact) mass is 401 g/mol. The zero-order chi connectivity index (χ0) is 20.8. The van der Waals surface area contributed by atoms with Crippen molar-refractivity contribution in [2.45, 2.75) is 19.4 Å². The topological polar surface area (TPSA) is 72.7 Å². The number of hydrogen-bond donors (Lipinski definition) is 1. The highest BCUT2D eigenvalue weighted by atomic mass is 19.1. The van der Waals surface area contributed by atoms with Gasteiger partial charge in [-0.05, 0) is 42.5 Å². The molecular weight excluding hydrogens is 381 g/mol. The first-order valence-corrected chi connectivity index (χ1v) is 9.62. The molecule has 0 atom stereocenters. The average molecular weight is 401 g/mol. The van der Waals surface area contributed by atoms with E-state index in [1.807, 2.05) is 48.5 Å². The number of carbonyl (C=O) groups is 1. The molecule has 0 saturated heterocycles. The molecule has 0 aliphatic carbocycles. The van der Waals surface area contributed by atoms with E-state index in [0.29, 0.717) is 24.3 Å². The van der Waals surface area contributed by atoms with Gasteiger partial charge in [0.05, 0.1) is 23.6 Å². The molecule has 0 aliphatic heterocycles. The molecule has 150 valence electrons. The number of nitrogens with zero attached hydrogens (tertiary/aromatic N) is 4. The molecule has 3 heterocycles. The van der Waals surface area contributed by atoms with Gasteiger partial charge in [0.25, 0.3) is 0 Å². The van der Waals surface area contributed by atoms with Gasteiger partial charge in [-0.15, -0.1) is 0 Å². The lowest BCUT2D eigenvalue weighted by Gasteiger charge is -2.06. The smallest absolute Gasteiger partial charge is 0.220 e. The minimum Gasteiger partial charge on any atom is -0.350 e. The van der Waals surface area contributed by atoms with Crippen molar-refractivity contribution in [2.24, 2.45) is 0 Å². The quantitative estimate of drug-likeness (QED) is 0.512. The maximum Gasteiger partial charge on any atom is 0.220 e. The third-order valence-electron chi connectivity index (χ3n) is 4.55. The van der Waals surface area contributed by atoms with Gasteiger partial charge in [0.1, 0.15) is 5.82 Å². The summed E-state index contributed by atoms with van der Waals surface area (Å²) in [7, 11) is 0. The van der Waals surface area contributed by atoms with Crippen LogP contribution in [0.25, 0.3) is 17.1 Å². The van der Waals surface area contributed by atoms with Crippen molar-refractivity contribution >= 4 is 5.91 Å². The third kappa shape index (κ3) is 4.75. The molecule has 30 heavy (non-hydrogen) atoms. The van der Waals surface area contributed by atoms with Crippen LogP contribution in [-0.4, -0.2) is 25.7 Å². The fraction of sp³-hybridized carbons (Fsp3) is 0.130. The summed E-state index contributed by atoms with van der Waals surface area (Å²) in [4.78, 5) is 20.8. The van der Waals surface area contributed by atoms with E-state index in [9.17, 15) is 9.18 Å². The van der Waals surface area contributed by atoms with E-state index in [-0.39, 0.29) is 18.1 Å². The SMILES string of the molecule is O=C(CCc1cc(-c2cccc(F)c2)n(-c2ccccn2)n1)NCc1ccccn1. The Morgan fingerprint density at radius 2 is 1.77 bits per heavy atom. The minimum absolute atomic E-state index is 0.0830. The lowest BCUT2D eigenvalue weighted by Crippen LogP contribution is -2.23. The first-order chi connectivity index (χ1) is 14.7. The summed E-state index contributed by atoms with van der Waals surface area (Å²) in [5.74, 6) is 0.222. The van der Waals surface area contributed by atoms with E-state index in [1.165, 1.54) is 12.1 Å². The number of halogens is 1. The molecule has 0 bridgehead atoms. The standard InChI is InChI=1S/C23H20FN5O/c24-18-7-5-6-17(14-18)21-15-19(28-29(21)22-9-2-4-13-26-22)10-11-23(30)27-16-20-8-1-3-12-25-20/h1-9,12-15H,10-11,16H2,(H,27,30). The van der Waals surface area contributed by atoms with E-state index >= 15 is 0 Å². The van der Waals surface area contributed by atoms with Crippen LogP contribution in [0, 0.1) is 5.82 Å². The Kier molecular flexibility index (Phi) is 5.89. The Balaban J connectivity index is 1.50. The zero-order valence-corrected chi connectivity index (χ0v) is 16.2. The molecule has 0 aliphatic rings. The first-order valence-electron chi connectivity index (χ1n) is 9.62. The zero-order valence-electron chi connectivity index (χ0n) is 16.2. The summed E-state index contributed by atoms with van der Waals surface area (Å²) in [6.45, 7) is 0.386. The molecule has 1 aromatic carbocycles. The van der Waals surface area contributed by atoms with Crippen molar-refractivity contribution in [3.63, 3.8) is 0 Å². The van der Waals surface area contributed by atoms with Gasteiger partial charge in [-0.25, -0.2) is 14.1 Å². The number of carbonyl (C=O) groups excluding carboxylic acids is 1. The Bertz CT molecular complexity index is 1130. The van der Waals surface area contributed by atoms with E-state index < -0.39 is 0 Å². The largest absolute Gasteiger partial charge is 0.350 e. The maximum absolute atomic E-state index is 13.8. The maximum atomic E-state index is 13.8. The van der Waals surface area contributed by atoms with Crippen molar-refractivity contribution < 1.29 is 9.18 Å². The summed E-state index contributed by atoms with van der Waals surface area (Å²) in [5, 5.41) is 7.48. The Morgan fingerprint density at radius 3 is 2.50 bits per heavy atom. The lowest BCUT2D eigenvalue weighted by atomic mass is 10.1. The summed E-state index contributed by atoms with van der Waals surface area (Å²) in [5.41, 5.74) is 2.95. The molecule has 1 N–H and O–H groups in total. The van der Waals surface area contributed by atoms with Gasteiger partial charge >= 0.3 is 0 Å². The molecule has 0 spiro atoms. The molecule has 4 aromatic rings. The molecule has 1 amide bonds. The number of rotatable bonds is 7. The van der Waals surface area contributed by atoms with Crippen LogP contribution < -0.4 is 5.32 Å². The minimum atomic E-state index is -0.322. The van der Waals surface area contributed by atoms with Gasteiger partial charge in [0, 0.05) is 30.8 Å². The highest BCUT2D eigenvalue weighted by Crippen LogP contribution is 2.24. The van der Waals surface area contributed by atoms with Crippen molar-refractivity contribution in [1.29, 1.82) is 0 Å². The van der Waals surface area contributed by atoms with Gasteiger partial charge < -0.3 is 5.32 Å². The van der Waals surface area contributed by atoms with Crippen molar-refractivity contribution in [3.05, 3.63) is 96.3 Å². The van der Waals surface area contributed by atoms with Crippen LogP contribution in [0.2, 0.25) is 0 Å². The molecule has 0 fully saturated rings. The van der Waals surface area contributed by atoms with Crippen LogP contribution in [-0.2, 0) is 17.8 Å². The predicted octanol–water partition coefficient (Wildman–Crippen LogP) is 3.72. The average Bonchev–Trinajstić information content (AvgIpc) is 3.22. The molecule has 3 aromatic heterocycles. The Hall–Kier alpha value is -3.87. The van der Waals surface area contributed by atoms with Crippen molar-refractivity contribution in [1.82, 2.24) is 25.1 Å². The molecule has 6 nitrogen and oxygen atoms in total. The summed E-state index contributed by atoms with van der Waals surface area (Å²) >= 11 is 0. The lowest BCUT2D eigenvalue weighted by molar-refractivity contribution is -0.121. The highest BCUT2D eigenvalue weighted by Gasteiger charge is 2.14. The van der Waals surface area contributed by atoms with Crippen LogP contribution in [0.1, 0.15) is 17.8 Å². The number of amides is 1. The fourth-order valence-corrected chi connectivity index (χ4v) is 3.08. The molecule has 4 rings (SSSR count). The number of aromatic nitrogens is 4. The first kappa shape index (κ1) is 19.4.